The fourth-order valence-corrected chi connectivity index (χ4v) is 4.57. The number of fused-ring (bicyclic) bond motifs is 1. The van der Waals surface area contributed by atoms with Gasteiger partial charge >= 0.3 is 0 Å². The number of Topliss-reactive ketones (excluding diaryl/α,β-unsaturated/α-hetero) is 1. The Bertz CT molecular complexity index is 679. The van der Waals surface area contributed by atoms with Gasteiger partial charge in [-0.1, -0.05) is 41.9 Å². The SMILES string of the molecule is O=C1c2ccccc2S[C@]12C[C@@H]2c1ccc(Cl)cc1. The van der Waals surface area contributed by atoms with Crippen LogP contribution < -0.4 is 0 Å². The summed E-state index contributed by atoms with van der Waals surface area (Å²) in [4.78, 5) is 13.7. The molecule has 0 radical (unpaired) electrons. The highest BCUT2D eigenvalue weighted by Crippen LogP contribution is 2.67. The van der Waals surface area contributed by atoms with Gasteiger partial charge < -0.3 is 0 Å². The van der Waals surface area contributed by atoms with Gasteiger partial charge in [0.1, 0.15) is 0 Å². The van der Waals surface area contributed by atoms with Crippen LogP contribution in [-0.2, 0) is 0 Å². The molecule has 0 aromatic heterocycles. The maximum atomic E-state index is 12.6. The van der Waals surface area contributed by atoms with Crippen LogP contribution in [-0.4, -0.2) is 10.5 Å². The number of hydrogen-bond donors (Lipinski definition) is 0. The molecule has 0 saturated heterocycles. The van der Waals surface area contributed by atoms with Gasteiger partial charge in [-0.25, -0.2) is 0 Å². The molecule has 1 nitrogen and oxygen atoms in total. The van der Waals surface area contributed by atoms with Gasteiger partial charge in [0, 0.05) is 21.4 Å². The first-order chi connectivity index (χ1) is 9.21. The summed E-state index contributed by atoms with van der Waals surface area (Å²) in [5.74, 6) is 0.628. The number of hydrogen-bond acceptors (Lipinski definition) is 2. The van der Waals surface area contributed by atoms with E-state index in [-0.39, 0.29) is 4.75 Å². The standard InChI is InChI=1S/C16H11ClOS/c17-11-7-5-10(6-8-11)13-9-16(13)15(18)12-3-1-2-4-14(12)19-16/h1-8,13H,9H2/t13-,16+/m1/s1. The van der Waals surface area contributed by atoms with Crippen molar-refractivity contribution < 1.29 is 4.79 Å². The van der Waals surface area contributed by atoms with Gasteiger partial charge in [-0.15, -0.1) is 11.8 Å². The molecule has 1 saturated carbocycles. The lowest BCUT2D eigenvalue weighted by atomic mass is 10.0. The molecule has 0 unspecified atom stereocenters. The first-order valence-electron chi connectivity index (χ1n) is 6.29. The quantitative estimate of drug-likeness (QED) is 0.765. The van der Waals surface area contributed by atoms with E-state index in [4.69, 9.17) is 11.6 Å². The Hall–Kier alpha value is -1.25. The van der Waals surface area contributed by atoms with Gasteiger partial charge in [-0.05, 0) is 30.2 Å². The van der Waals surface area contributed by atoms with Crippen molar-refractivity contribution in [2.75, 3.05) is 0 Å². The second-order valence-electron chi connectivity index (χ2n) is 5.13. The molecule has 0 amide bonds. The minimum Gasteiger partial charge on any atom is -0.293 e. The van der Waals surface area contributed by atoms with Crippen LogP contribution in [0.25, 0.3) is 0 Å². The van der Waals surface area contributed by atoms with E-state index >= 15 is 0 Å². The van der Waals surface area contributed by atoms with Crippen LogP contribution in [0.2, 0.25) is 5.02 Å². The van der Waals surface area contributed by atoms with Crippen LogP contribution in [0.15, 0.2) is 53.4 Å². The van der Waals surface area contributed by atoms with E-state index in [0.717, 1.165) is 21.9 Å². The molecule has 1 aliphatic carbocycles. The fourth-order valence-electron chi connectivity index (χ4n) is 2.90. The lowest BCUT2D eigenvalue weighted by Gasteiger charge is -2.06. The van der Waals surface area contributed by atoms with Crippen LogP contribution in [0, 0.1) is 0 Å². The number of benzene rings is 2. The number of carbonyl (C=O) groups excluding carboxylic acids is 1. The second kappa shape index (κ2) is 3.87. The van der Waals surface area contributed by atoms with E-state index in [0.29, 0.717) is 11.7 Å². The Labute approximate surface area is 121 Å². The molecular weight excluding hydrogens is 276 g/mol. The third kappa shape index (κ3) is 1.60. The summed E-state index contributed by atoms with van der Waals surface area (Å²) in [7, 11) is 0. The van der Waals surface area contributed by atoms with Crippen LogP contribution in [0.1, 0.15) is 28.3 Å². The van der Waals surface area contributed by atoms with E-state index in [1.165, 1.54) is 5.56 Å². The van der Waals surface area contributed by atoms with Gasteiger partial charge in [0.15, 0.2) is 5.78 Å². The van der Waals surface area contributed by atoms with Crippen molar-refractivity contribution in [1.82, 2.24) is 0 Å². The maximum Gasteiger partial charge on any atom is 0.181 e. The lowest BCUT2D eigenvalue weighted by Crippen LogP contribution is -2.15. The summed E-state index contributed by atoms with van der Waals surface area (Å²) < 4.78 is -0.239. The number of carbonyl (C=O) groups is 1. The minimum atomic E-state index is -0.239. The summed E-state index contributed by atoms with van der Waals surface area (Å²) >= 11 is 7.65. The topological polar surface area (TPSA) is 17.1 Å². The molecule has 1 heterocycles. The molecule has 2 aliphatic rings. The Morgan fingerprint density at radius 1 is 1.11 bits per heavy atom. The predicted molar refractivity (Wildman–Crippen MR) is 78.2 cm³/mol. The molecule has 2 aromatic rings. The van der Waals surface area contributed by atoms with Crippen molar-refractivity contribution in [3.05, 3.63) is 64.7 Å². The highest BCUT2D eigenvalue weighted by Gasteiger charge is 2.64. The maximum absolute atomic E-state index is 12.6. The molecule has 1 fully saturated rings. The van der Waals surface area contributed by atoms with Crippen molar-refractivity contribution >= 4 is 29.1 Å². The van der Waals surface area contributed by atoms with Crippen LogP contribution in [0.3, 0.4) is 0 Å². The van der Waals surface area contributed by atoms with Crippen molar-refractivity contribution in [3.63, 3.8) is 0 Å². The van der Waals surface area contributed by atoms with E-state index in [1.807, 2.05) is 48.5 Å². The van der Waals surface area contributed by atoms with Gasteiger partial charge in [0.05, 0.1) is 4.75 Å². The average molecular weight is 287 g/mol. The number of thioether (sulfide) groups is 1. The molecule has 1 aliphatic heterocycles. The number of ketones is 1. The fraction of sp³-hybridized carbons (Fsp3) is 0.188. The zero-order valence-electron chi connectivity index (χ0n) is 10.1. The lowest BCUT2D eigenvalue weighted by molar-refractivity contribution is 0.0981. The Kier molecular flexibility index (Phi) is 2.36. The highest BCUT2D eigenvalue weighted by molar-refractivity contribution is 8.02. The second-order valence-corrected chi connectivity index (χ2v) is 6.93. The van der Waals surface area contributed by atoms with Crippen LogP contribution in [0.5, 0.6) is 0 Å². The van der Waals surface area contributed by atoms with Crippen molar-refractivity contribution in [1.29, 1.82) is 0 Å². The zero-order chi connectivity index (χ0) is 13.0. The molecule has 4 rings (SSSR count). The number of halogens is 1. The van der Waals surface area contributed by atoms with E-state index < -0.39 is 0 Å². The molecule has 94 valence electrons. The molecule has 2 atom stereocenters. The van der Waals surface area contributed by atoms with Crippen LogP contribution >= 0.6 is 23.4 Å². The highest BCUT2D eigenvalue weighted by atomic mass is 35.5. The third-order valence-corrected chi connectivity index (χ3v) is 5.82. The normalized spacial score (nSPS) is 27.6. The van der Waals surface area contributed by atoms with Gasteiger partial charge in [-0.3, -0.25) is 4.79 Å². The minimum absolute atomic E-state index is 0.239. The first kappa shape index (κ1) is 11.6. The molecule has 1 spiro atoms. The largest absolute Gasteiger partial charge is 0.293 e. The number of rotatable bonds is 1. The van der Waals surface area contributed by atoms with Gasteiger partial charge in [0.25, 0.3) is 0 Å². The molecular formula is C16H11ClOS. The monoisotopic (exact) mass is 286 g/mol. The summed E-state index contributed by atoms with van der Waals surface area (Å²) in [6, 6.07) is 15.8. The molecule has 0 bridgehead atoms. The van der Waals surface area contributed by atoms with Crippen molar-refractivity contribution in [3.8, 4) is 0 Å². The van der Waals surface area contributed by atoms with Crippen LogP contribution in [0.4, 0.5) is 0 Å². The first-order valence-corrected chi connectivity index (χ1v) is 7.48. The van der Waals surface area contributed by atoms with Gasteiger partial charge in [0.2, 0.25) is 0 Å². The molecule has 3 heteroatoms. The predicted octanol–water partition coefficient (Wildman–Crippen LogP) is 4.55. The summed E-state index contributed by atoms with van der Waals surface area (Å²) in [5, 5.41) is 0.743. The molecule has 19 heavy (non-hydrogen) atoms. The third-order valence-electron chi connectivity index (χ3n) is 3.99. The summed E-state index contributed by atoms with van der Waals surface area (Å²) in [5.41, 5.74) is 2.11. The van der Waals surface area contributed by atoms with Crippen molar-refractivity contribution in [2.45, 2.75) is 22.0 Å². The Morgan fingerprint density at radius 2 is 1.84 bits per heavy atom. The Morgan fingerprint density at radius 3 is 2.58 bits per heavy atom. The van der Waals surface area contributed by atoms with Gasteiger partial charge in [-0.2, -0.15) is 0 Å². The zero-order valence-corrected chi connectivity index (χ0v) is 11.7. The Balaban J connectivity index is 1.70. The smallest absolute Gasteiger partial charge is 0.181 e. The molecule has 0 N–H and O–H groups in total. The molecule has 2 aromatic carbocycles. The van der Waals surface area contributed by atoms with E-state index in [9.17, 15) is 4.79 Å². The average Bonchev–Trinajstić information content (AvgIpc) is 3.07. The van der Waals surface area contributed by atoms with E-state index in [2.05, 4.69) is 0 Å². The van der Waals surface area contributed by atoms with E-state index in [1.54, 1.807) is 11.8 Å². The summed E-state index contributed by atoms with van der Waals surface area (Å²) in [6.45, 7) is 0. The van der Waals surface area contributed by atoms with Crippen molar-refractivity contribution in [2.24, 2.45) is 0 Å². The summed E-state index contributed by atoms with van der Waals surface area (Å²) in [6.07, 6.45) is 0.937.